The van der Waals surface area contributed by atoms with Crippen LogP contribution in [0.15, 0.2) is 122 Å². The predicted octanol–water partition coefficient (Wildman–Crippen LogP) is 18.3. The van der Waals surface area contributed by atoms with Crippen molar-refractivity contribution in [1.82, 2.24) is 0 Å². The molecule has 0 radical (unpaired) electrons. The van der Waals surface area contributed by atoms with Crippen molar-refractivity contribution >= 4 is 11.9 Å². The lowest BCUT2D eigenvalue weighted by Crippen LogP contribution is -2.28. The summed E-state index contributed by atoms with van der Waals surface area (Å²) in [4.78, 5) is 24.5. The Morgan fingerprint density at radius 1 is 0.348 bits per heavy atom. The zero-order valence-electron chi connectivity index (χ0n) is 42.7. The highest BCUT2D eigenvalue weighted by atomic mass is 16.6. The molecule has 5 nitrogen and oxygen atoms in total. The predicted molar refractivity (Wildman–Crippen MR) is 288 cm³/mol. The minimum atomic E-state index is -0.789. The van der Waals surface area contributed by atoms with E-state index in [1.54, 1.807) is 0 Å². The number of aliphatic hydroxyl groups is 1. The van der Waals surface area contributed by atoms with Gasteiger partial charge in [-0.3, -0.25) is 9.59 Å². The molecular formula is C61H100O5. The number of unbranched alkanes of at least 4 members (excludes halogenated alkanes) is 20. The van der Waals surface area contributed by atoms with Crippen molar-refractivity contribution in [3.63, 3.8) is 0 Å². The first-order chi connectivity index (χ1) is 32.6. The summed E-state index contributed by atoms with van der Waals surface area (Å²) >= 11 is 0. The van der Waals surface area contributed by atoms with Crippen LogP contribution in [0.3, 0.4) is 0 Å². The fourth-order valence-corrected chi connectivity index (χ4v) is 7.26. The molecule has 1 N–H and O–H groups in total. The molecule has 0 aliphatic carbocycles. The van der Waals surface area contributed by atoms with Crippen molar-refractivity contribution in [3.05, 3.63) is 122 Å². The average molecular weight is 913 g/mol. The van der Waals surface area contributed by atoms with Gasteiger partial charge in [-0.25, -0.2) is 0 Å². The molecule has 0 fully saturated rings. The Morgan fingerprint density at radius 3 is 0.909 bits per heavy atom. The Morgan fingerprint density at radius 2 is 0.606 bits per heavy atom. The molecule has 0 aromatic carbocycles. The van der Waals surface area contributed by atoms with Gasteiger partial charge in [0.2, 0.25) is 0 Å². The fraction of sp³-hybridized carbons (Fsp3) is 0.639. The van der Waals surface area contributed by atoms with Crippen LogP contribution in [-0.2, 0) is 19.1 Å². The Labute approximate surface area is 407 Å². The van der Waals surface area contributed by atoms with E-state index in [1.807, 2.05) is 0 Å². The van der Waals surface area contributed by atoms with Gasteiger partial charge in [-0.1, -0.05) is 238 Å². The molecule has 0 aromatic heterocycles. The number of hydrogen-bond acceptors (Lipinski definition) is 5. The van der Waals surface area contributed by atoms with Gasteiger partial charge in [0.1, 0.15) is 6.61 Å². The van der Waals surface area contributed by atoms with Crippen molar-refractivity contribution in [2.24, 2.45) is 0 Å². The fourth-order valence-electron chi connectivity index (χ4n) is 7.26. The van der Waals surface area contributed by atoms with Gasteiger partial charge in [0.25, 0.3) is 0 Å². The van der Waals surface area contributed by atoms with Crippen LogP contribution >= 0.6 is 0 Å². The van der Waals surface area contributed by atoms with Crippen LogP contribution in [0.1, 0.15) is 232 Å². The summed E-state index contributed by atoms with van der Waals surface area (Å²) in [5.74, 6) is -0.621. The second kappa shape index (κ2) is 55.6. The zero-order chi connectivity index (χ0) is 47.7. The standard InChI is InChI=1S/C61H100O5/c1-3-5-7-9-11-13-15-17-19-21-22-23-24-25-26-27-28-29-30-31-32-33-34-35-36-37-38-40-42-44-46-48-50-52-54-56-61(64)66-59(57-62)58-65-60(63)55-53-51-49-47-45-43-41-39-20-18-16-14-12-10-8-6-4-2/h5-8,11-14,17-20,22-23,25-26,28-29,41,43,59,62H,3-4,9-10,15-16,21,24,27,30-40,42,44-58H2,1-2H3/b7-5-,8-6-,13-11-,14-12-,19-17-,20-18-,23-22-,26-25-,29-28-,43-41-. The van der Waals surface area contributed by atoms with Crippen LogP contribution in [0.4, 0.5) is 0 Å². The monoisotopic (exact) mass is 913 g/mol. The van der Waals surface area contributed by atoms with Crippen LogP contribution < -0.4 is 0 Å². The second-order valence-corrected chi connectivity index (χ2v) is 17.5. The Balaban J connectivity index is 3.52. The molecule has 5 heteroatoms. The highest BCUT2D eigenvalue weighted by Gasteiger charge is 2.16. The first-order valence-electron chi connectivity index (χ1n) is 27.1. The van der Waals surface area contributed by atoms with E-state index in [0.29, 0.717) is 12.8 Å². The average Bonchev–Trinajstić information content (AvgIpc) is 3.32. The van der Waals surface area contributed by atoms with E-state index in [-0.39, 0.29) is 25.2 Å². The molecule has 1 unspecified atom stereocenters. The number of esters is 2. The molecule has 0 aliphatic rings. The maximum Gasteiger partial charge on any atom is 0.306 e. The third-order valence-electron chi connectivity index (χ3n) is 11.3. The maximum absolute atomic E-state index is 12.3. The van der Waals surface area contributed by atoms with E-state index in [0.717, 1.165) is 116 Å². The van der Waals surface area contributed by atoms with Crippen molar-refractivity contribution in [2.45, 2.75) is 238 Å². The van der Waals surface area contributed by atoms with Gasteiger partial charge in [0.05, 0.1) is 6.61 Å². The number of aliphatic hydroxyl groups excluding tert-OH is 1. The van der Waals surface area contributed by atoms with Crippen molar-refractivity contribution < 1.29 is 24.2 Å². The molecule has 66 heavy (non-hydrogen) atoms. The van der Waals surface area contributed by atoms with Gasteiger partial charge < -0.3 is 14.6 Å². The molecular weight excluding hydrogens is 813 g/mol. The summed E-state index contributed by atoms with van der Waals surface area (Å²) in [6.45, 7) is 3.89. The molecule has 1 atom stereocenters. The summed E-state index contributed by atoms with van der Waals surface area (Å²) in [5, 5.41) is 9.63. The van der Waals surface area contributed by atoms with Crippen molar-refractivity contribution in [1.29, 1.82) is 0 Å². The normalized spacial score (nSPS) is 13.2. The van der Waals surface area contributed by atoms with E-state index in [9.17, 15) is 14.7 Å². The first-order valence-corrected chi connectivity index (χ1v) is 27.1. The minimum Gasteiger partial charge on any atom is -0.462 e. The largest absolute Gasteiger partial charge is 0.462 e. The summed E-state index contributed by atoms with van der Waals surface area (Å²) in [7, 11) is 0. The van der Waals surface area contributed by atoms with Gasteiger partial charge in [0, 0.05) is 12.8 Å². The molecule has 0 amide bonds. The van der Waals surface area contributed by atoms with Crippen LogP contribution in [0.5, 0.6) is 0 Å². The lowest BCUT2D eigenvalue weighted by molar-refractivity contribution is -0.161. The molecule has 0 bridgehead atoms. The second-order valence-electron chi connectivity index (χ2n) is 17.5. The quantitative estimate of drug-likeness (QED) is 0.0374. The number of carbonyl (C=O) groups excluding carboxylic acids is 2. The van der Waals surface area contributed by atoms with E-state index in [4.69, 9.17) is 9.47 Å². The number of hydrogen-bond donors (Lipinski definition) is 1. The molecule has 0 saturated carbocycles. The lowest BCUT2D eigenvalue weighted by atomic mass is 10.0. The van der Waals surface area contributed by atoms with Crippen LogP contribution in [-0.4, -0.2) is 36.4 Å². The van der Waals surface area contributed by atoms with E-state index in [1.165, 1.54) is 89.9 Å². The highest BCUT2D eigenvalue weighted by Crippen LogP contribution is 2.15. The van der Waals surface area contributed by atoms with Crippen LogP contribution in [0, 0.1) is 0 Å². The Kier molecular flexibility index (Phi) is 52.5. The maximum atomic E-state index is 12.3. The summed E-state index contributed by atoms with van der Waals surface area (Å²) in [5.41, 5.74) is 0. The third-order valence-corrected chi connectivity index (χ3v) is 11.3. The summed E-state index contributed by atoms with van der Waals surface area (Å²) < 4.78 is 10.7. The molecule has 0 rings (SSSR count). The van der Waals surface area contributed by atoms with Crippen LogP contribution in [0.25, 0.3) is 0 Å². The zero-order valence-corrected chi connectivity index (χ0v) is 42.7. The molecule has 0 aliphatic heterocycles. The van der Waals surface area contributed by atoms with Crippen LogP contribution in [0.2, 0.25) is 0 Å². The van der Waals surface area contributed by atoms with Crippen molar-refractivity contribution in [2.75, 3.05) is 13.2 Å². The molecule has 0 heterocycles. The number of ether oxygens (including phenoxy) is 2. The Bertz CT molecular complexity index is 1350. The number of carbonyl (C=O) groups is 2. The van der Waals surface area contributed by atoms with Gasteiger partial charge in [-0.05, 0) is 103 Å². The third kappa shape index (κ3) is 52.9. The van der Waals surface area contributed by atoms with Gasteiger partial charge >= 0.3 is 11.9 Å². The van der Waals surface area contributed by atoms with E-state index in [2.05, 4.69) is 135 Å². The summed E-state index contributed by atoms with van der Waals surface area (Å²) in [6, 6.07) is 0. The molecule has 0 aromatic rings. The SMILES string of the molecule is CC/C=C\C/C=C\C/C=C\C/C=C\C/C=C\C/C=C\CCCCCCCCCCCCCCCCCCC(=O)OC(CO)COC(=O)CCCCCC/C=C\C/C=C\C/C=C\C/C=C\CC. The molecule has 374 valence electrons. The Hall–Kier alpha value is -3.70. The highest BCUT2D eigenvalue weighted by molar-refractivity contribution is 5.70. The molecule has 0 saturated heterocycles. The number of rotatable bonds is 48. The van der Waals surface area contributed by atoms with Gasteiger partial charge in [-0.15, -0.1) is 0 Å². The minimum absolute atomic E-state index is 0.0836. The first kappa shape index (κ1) is 62.3. The van der Waals surface area contributed by atoms with E-state index >= 15 is 0 Å². The smallest absolute Gasteiger partial charge is 0.306 e. The van der Waals surface area contributed by atoms with E-state index < -0.39 is 6.10 Å². The van der Waals surface area contributed by atoms with Gasteiger partial charge in [0.15, 0.2) is 6.10 Å². The lowest BCUT2D eigenvalue weighted by Gasteiger charge is -2.15. The topological polar surface area (TPSA) is 72.8 Å². The molecule has 0 spiro atoms. The summed E-state index contributed by atoms with van der Waals surface area (Å²) in [6.07, 6.45) is 81.7. The van der Waals surface area contributed by atoms with Gasteiger partial charge in [-0.2, -0.15) is 0 Å². The number of allylic oxidation sites excluding steroid dienone is 20. The van der Waals surface area contributed by atoms with Crippen molar-refractivity contribution in [3.8, 4) is 0 Å².